The fourth-order valence-corrected chi connectivity index (χ4v) is 5.04. The number of anilines is 1. The minimum atomic E-state index is -0.870. The normalized spacial score (nSPS) is 21.0. The molecule has 2 unspecified atom stereocenters. The van der Waals surface area contributed by atoms with Crippen LogP contribution in [0.25, 0.3) is 0 Å². The predicted octanol–water partition coefficient (Wildman–Crippen LogP) is 5.49. The van der Waals surface area contributed by atoms with Crippen molar-refractivity contribution in [3.05, 3.63) is 94.0 Å². The maximum Gasteiger partial charge on any atom is 0.325 e. The van der Waals surface area contributed by atoms with Crippen LogP contribution >= 0.6 is 15.9 Å². The molecule has 33 heavy (non-hydrogen) atoms. The molecule has 2 aliphatic heterocycles. The van der Waals surface area contributed by atoms with Crippen molar-refractivity contribution >= 4 is 33.6 Å². The van der Waals surface area contributed by atoms with Crippen LogP contribution in [0.5, 0.6) is 5.75 Å². The van der Waals surface area contributed by atoms with E-state index in [-0.39, 0.29) is 18.0 Å². The summed E-state index contributed by atoms with van der Waals surface area (Å²) in [6, 6.07) is 22.5. The average molecular weight is 506 g/mol. The molecule has 1 saturated heterocycles. The lowest BCUT2D eigenvalue weighted by atomic mass is 9.90. The van der Waals surface area contributed by atoms with Crippen molar-refractivity contribution in [3.63, 3.8) is 0 Å². The second kappa shape index (κ2) is 8.23. The Balaban J connectivity index is 1.43. The molecule has 2 heterocycles. The van der Waals surface area contributed by atoms with Crippen molar-refractivity contribution < 1.29 is 14.3 Å². The summed E-state index contributed by atoms with van der Waals surface area (Å²) in [4.78, 5) is 29.6. The molecule has 2 atom stereocenters. The van der Waals surface area contributed by atoms with E-state index in [1.165, 1.54) is 0 Å². The molecule has 1 N–H and O–H groups in total. The molecule has 1 fully saturated rings. The Morgan fingerprint density at radius 2 is 1.94 bits per heavy atom. The molecule has 3 aromatic carbocycles. The number of carbonyl (C=O) groups is 2. The second-order valence-electron chi connectivity index (χ2n) is 8.70. The zero-order valence-electron chi connectivity index (χ0n) is 18.4. The van der Waals surface area contributed by atoms with Gasteiger partial charge in [0.15, 0.2) is 5.72 Å². The van der Waals surface area contributed by atoms with Gasteiger partial charge in [0.05, 0.1) is 11.7 Å². The van der Waals surface area contributed by atoms with Crippen LogP contribution in [0.1, 0.15) is 40.9 Å². The summed E-state index contributed by atoms with van der Waals surface area (Å²) in [5.74, 6) is 0.637. The Morgan fingerprint density at radius 3 is 2.73 bits per heavy atom. The summed E-state index contributed by atoms with van der Waals surface area (Å²) < 4.78 is 7.30. The largest absolute Gasteiger partial charge is 0.467 e. The monoisotopic (exact) mass is 505 g/mol. The van der Waals surface area contributed by atoms with Crippen LogP contribution in [0.15, 0.2) is 77.3 Å². The van der Waals surface area contributed by atoms with Crippen molar-refractivity contribution in [2.24, 2.45) is 0 Å². The van der Waals surface area contributed by atoms with E-state index in [0.29, 0.717) is 24.2 Å². The van der Waals surface area contributed by atoms with E-state index in [4.69, 9.17) is 4.74 Å². The van der Waals surface area contributed by atoms with Crippen molar-refractivity contribution in [1.82, 2.24) is 10.2 Å². The van der Waals surface area contributed by atoms with E-state index in [1.807, 2.05) is 61.5 Å². The van der Waals surface area contributed by atoms with Crippen molar-refractivity contribution in [2.75, 3.05) is 11.9 Å². The van der Waals surface area contributed by atoms with Crippen LogP contribution in [0.2, 0.25) is 0 Å². The summed E-state index contributed by atoms with van der Waals surface area (Å²) in [5, 5.41) is 3.10. The Bertz CT molecular complexity index is 1230. The molecular formula is C26H24BrN3O3. The maximum atomic E-state index is 13.2. The number of nitrogens with zero attached hydrogens (tertiary/aromatic N) is 2. The highest BCUT2D eigenvalue weighted by Gasteiger charge is 2.50. The Hall–Kier alpha value is -3.32. The number of hydrogen-bond acceptors (Lipinski definition) is 3. The first-order valence-corrected chi connectivity index (χ1v) is 11.6. The first-order valence-electron chi connectivity index (χ1n) is 10.8. The van der Waals surface area contributed by atoms with Crippen LogP contribution in [0.4, 0.5) is 10.5 Å². The summed E-state index contributed by atoms with van der Waals surface area (Å²) in [5.41, 5.74) is 2.28. The third kappa shape index (κ3) is 3.97. The highest BCUT2D eigenvalue weighted by molar-refractivity contribution is 9.10. The summed E-state index contributed by atoms with van der Waals surface area (Å²) >= 11 is 3.50. The van der Waals surface area contributed by atoms with E-state index in [0.717, 1.165) is 21.3 Å². The summed E-state index contributed by atoms with van der Waals surface area (Å²) in [7, 11) is 1.78. The topological polar surface area (TPSA) is 61.9 Å². The number of benzene rings is 3. The van der Waals surface area contributed by atoms with Crippen LogP contribution in [0, 0.1) is 0 Å². The number of carbonyl (C=O) groups excluding carboxylic acids is 2. The molecule has 6 nitrogen and oxygen atoms in total. The zero-order chi connectivity index (χ0) is 23.2. The molecule has 0 saturated carbocycles. The quantitative estimate of drug-likeness (QED) is 0.509. The van der Waals surface area contributed by atoms with Gasteiger partial charge in [-0.2, -0.15) is 0 Å². The van der Waals surface area contributed by atoms with Gasteiger partial charge in [-0.1, -0.05) is 52.3 Å². The third-order valence-electron chi connectivity index (χ3n) is 6.19. The second-order valence-corrected chi connectivity index (χ2v) is 9.61. The SMILES string of the molecule is CN(Cc1ccccc1)C(=O)c1cccc(N2C(=O)NC3CC2(C)Oc2ccc(Br)cc23)c1. The number of fused-ring (bicyclic) bond motifs is 4. The van der Waals surface area contributed by atoms with Gasteiger partial charge >= 0.3 is 6.03 Å². The molecule has 5 rings (SSSR count). The minimum Gasteiger partial charge on any atom is -0.467 e. The molecule has 0 radical (unpaired) electrons. The predicted molar refractivity (Wildman–Crippen MR) is 130 cm³/mol. The number of rotatable bonds is 4. The Morgan fingerprint density at radius 1 is 1.15 bits per heavy atom. The lowest BCUT2D eigenvalue weighted by Gasteiger charge is -2.50. The Labute approximate surface area is 201 Å². The molecule has 2 bridgehead atoms. The van der Waals surface area contributed by atoms with Gasteiger partial charge in [0.2, 0.25) is 0 Å². The molecule has 0 aromatic heterocycles. The lowest BCUT2D eigenvalue weighted by molar-refractivity contribution is 0.0378. The number of ether oxygens (including phenoxy) is 1. The van der Waals surface area contributed by atoms with E-state index < -0.39 is 5.72 Å². The highest BCUT2D eigenvalue weighted by Crippen LogP contribution is 2.46. The molecule has 7 heteroatoms. The molecular weight excluding hydrogens is 482 g/mol. The fourth-order valence-electron chi connectivity index (χ4n) is 4.66. The van der Waals surface area contributed by atoms with Crippen molar-refractivity contribution in [3.8, 4) is 5.75 Å². The smallest absolute Gasteiger partial charge is 0.325 e. The number of halogens is 1. The van der Waals surface area contributed by atoms with E-state index in [2.05, 4.69) is 21.2 Å². The van der Waals surface area contributed by atoms with E-state index >= 15 is 0 Å². The van der Waals surface area contributed by atoms with Crippen molar-refractivity contribution in [1.29, 1.82) is 0 Å². The van der Waals surface area contributed by atoms with Gasteiger partial charge in [0, 0.05) is 35.6 Å². The summed E-state index contributed by atoms with van der Waals surface area (Å²) in [6.07, 6.45) is 0.592. The molecule has 3 amide bonds. The van der Waals surface area contributed by atoms with Crippen molar-refractivity contribution in [2.45, 2.75) is 31.7 Å². The first-order chi connectivity index (χ1) is 15.8. The maximum absolute atomic E-state index is 13.2. The number of hydrogen-bond donors (Lipinski definition) is 1. The van der Waals surface area contributed by atoms with Crippen LogP contribution in [-0.2, 0) is 6.54 Å². The standard InChI is InChI=1S/C26H24BrN3O3/c1-26-15-22(21-14-19(27)11-12-23(21)33-26)28-25(32)30(26)20-10-6-9-18(13-20)24(31)29(2)16-17-7-4-3-5-8-17/h3-14,22H,15-16H2,1-2H3,(H,28,32). The van der Waals surface area contributed by atoms with E-state index in [9.17, 15) is 9.59 Å². The first kappa shape index (κ1) is 21.5. The Kier molecular flexibility index (Phi) is 5.37. The van der Waals surface area contributed by atoms with Gasteiger partial charge in [-0.05, 0) is 48.9 Å². The van der Waals surface area contributed by atoms with Gasteiger partial charge in [-0.3, -0.25) is 9.69 Å². The van der Waals surface area contributed by atoms with Gasteiger partial charge in [-0.25, -0.2) is 4.79 Å². The molecule has 0 spiro atoms. The van der Waals surface area contributed by atoms with Crippen LogP contribution in [0.3, 0.4) is 0 Å². The highest BCUT2D eigenvalue weighted by atomic mass is 79.9. The number of amides is 3. The van der Waals surface area contributed by atoms with Gasteiger partial charge in [0.25, 0.3) is 5.91 Å². The van der Waals surface area contributed by atoms with Crippen LogP contribution < -0.4 is 15.0 Å². The van der Waals surface area contributed by atoms with E-state index in [1.54, 1.807) is 35.0 Å². The zero-order valence-corrected chi connectivity index (χ0v) is 20.0. The average Bonchev–Trinajstić information content (AvgIpc) is 2.79. The minimum absolute atomic E-state index is 0.110. The third-order valence-corrected chi connectivity index (χ3v) is 6.69. The molecule has 168 valence electrons. The summed E-state index contributed by atoms with van der Waals surface area (Å²) in [6.45, 7) is 2.42. The number of nitrogens with one attached hydrogen (secondary N) is 1. The fraction of sp³-hybridized carbons (Fsp3) is 0.231. The lowest BCUT2D eigenvalue weighted by Crippen LogP contribution is -2.65. The molecule has 0 aliphatic carbocycles. The molecule has 2 aliphatic rings. The van der Waals surface area contributed by atoms with Crippen LogP contribution in [-0.4, -0.2) is 29.6 Å². The van der Waals surface area contributed by atoms with Gasteiger partial charge < -0.3 is 15.0 Å². The number of urea groups is 1. The van der Waals surface area contributed by atoms with Gasteiger partial charge in [-0.15, -0.1) is 0 Å². The van der Waals surface area contributed by atoms with Gasteiger partial charge in [0.1, 0.15) is 5.75 Å². The molecule has 3 aromatic rings.